The highest BCUT2D eigenvalue weighted by atomic mass is 35.5. The van der Waals surface area contributed by atoms with Gasteiger partial charge in [0.05, 0.1) is 7.11 Å². The van der Waals surface area contributed by atoms with Crippen molar-refractivity contribution < 1.29 is 14.3 Å². The maximum absolute atomic E-state index is 12.1. The number of benzene rings is 1. The van der Waals surface area contributed by atoms with E-state index in [-0.39, 0.29) is 30.7 Å². The number of halogens is 2. The van der Waals surface area contributed by atoms with E-state index in [9.17, 15) is 4.79 Å². The summed E-state index contributed by atoms with van der Waals surface area (Å²) in [5.41, 5.74) is 1.98. The van der Waals surface area contributed by atoms with Crippen molar-refractivity contribution in [2.75, 3.05) is 20.2 Å². The number of pyridine rings is 1. The highest BCUT2D eigenvalue weighted by Crippen LogP contribution is 2.28. The molecule has 1 aliphatic rings. The molecule has 0 radical (unpaired) electrons. The molecule has 1 aromatic carbocycles. The van der Waals surface area contributed by atoms with Gasteiger partial charge in [-0.1, -0.05) is 12.1 Å². The average molecular weight is 442 g/mol. The third-order valence-corrected chi connectivity index (χ3v) is 4.78. The molecule has 2 N–H and O–H groups in total. The number of methoxy groups -OCH3 is 1. The van der Waals surface area contributed by atoms with Crippen LogP contribution < -0.4 is 20.1 Å². The van der Waals surface area contributed by atoms with E-state index < -0.39 is 0 Å². The fraction of sp³-hybridized carbons (Fsp3) is 0.429. The van der Waals surface area contributed by atoms with Gasteiger partial charge in [0.25, 0.3) is 0 Å². The molecule has 1 fully saturated rings. The van der Waals surface area contributed by atoms with E-state index in [0.717, 1.165) is 30.6 Å². The lowest BCUT2D eigenvalue weighted by Crippen LogP contribution is -2.23. The second-order valence-electron chi connectivity index (χ2n) is 6.81. The summed E-state index contributed by atoms with van der Waals surface area (Å²) < 4.78 is 11.3. The Bertz CT molecular complexity index is 741. The molecular weight excluding hydrogens is 413 g/mol. The summed E-state index contributed by atoms with van der Waals surface area (Å²) in [7, 11) is 1.62. The number of aromatic nitrogens is 1. The molecule has 0 spiro atoms. The molecule has 6 nitrogen and oxygen atoms in total. The van der Waals surface area contributed by atoms with Gasteiger partial charge in [-0.2, -0.15) is 0 Å². The Balaban J connectivity index is 0.00000210. The lowest BCUT2D eigenvalue weighted by Gasteiger charge is -2.13. The number of hydrogen-bond donors (Lipinski definition) is 2. The lowest BCUT2D eigenvalue weighted by molar-refractivity contribution is -0.121. The predicted octanol–water partition coefficient (Wildman–Crippen LogP) is 3.52. The van der Waals surface area contributed by atoms with Crippen molar-refractivity contribution in [1.29, 1.82) is 0 Å². The minimum Gasteiger partial charge on any atom is -0.493 e. The number of nitrogens with one attached hydrogen (secondary N) is 2. The topological polar surface area (TPSA) is 72.5 Å². The molecule has 0 bridgehead atoms. The molecule has 29 heavy (non-hydrogen) atoms. The van der Waals surface area contributed by atoms with Crippen LogP contribution in [0.2, 0.25) is 0 Å². The highest BCUT2D eigenvalue weighted by molar-refractivity contribution is 5.85. The van der Waals surface area contributed by atoms with Crippen molar-refractivity contribution in [1.82, 2.24) is 15.6 Å². The second kappa shape index (κ2) is 13.2. The lowest BCUT2D eigenvalue weighted by atomic mass is 10.0. The molecule has 1 amide bonds. The van der Waals surface area contributed by atoms with E-state index in [1.165, 1.54) is 6.42 Å². The Morgan fingerprint density at radius 1 is 1.24 bits per heavy atom. The Kier molecular flexibility index (Phi) is 11.4. The van der Waals surface area contributed by atoms with Crippen LogP contribution in [0.1, 0.15) is 30.4 Å². The Morgan fingerprint density at radius 2 is 2.10 bits per heavy atom. The molecule has 160 valence electrons. The number of nitrogens with zero attached hydrogens (tertiary/aromatic N) is 1. The minimum absolute atomic E-state index is 0. The number of amides is 1. The second-order valence-corrected chi connectivity index (χ2v) is 6.81. The van der Waals surface area contributed by atoms with Gasteiger partial charge < -0.3 is 20.1 Å². The molecule has 1 unspecified atom stereocenters. The van der Waals surface area contributed by atoms with E-state index >= 15 is 0 Å². The maximum Gasteiger partial charge on any atom is 0.220 e. The van der Waals surface area contributed by atoms with Crippen LogP contribution in [-0.4, -0.2) is 31.1 Å². The quantitative estimate of drug-likeness (QED) is 0.622. The van der Waals surface area contributed by atoms with Crippen molar-refractivity contribution in [3.63, 3.8) is 0 Å². The molecule has 1 aromatic heterocycles. The molecule has 1 atom stereocenters. The van der Waals surface area contributed by atoms with Gasteiger partial charge in [-0.25, -0.2) is 0 Å². The number of hydrogen-bond acceptors (Lipinski definition) is 5. The molecule has 1 aliphatic heterocycles. The van der Waals surface area contributed by atoms with Gasteiger partial charge in [0, 0.05) is 30.9 Å². The largest absolute Gasteiger partial charge is 0.493 e. The number of ether oxygens (including phenoxy) is 2. The minimum atomic E-state index is 0. The molecule has 0 aliphatic carbocycles. The zero-order valence-corrected chi connectivity index (χ0v) is 18.2. The Hall–Kier alpha value is -2.02. The van der Waals surface area contributed by atoms with E-state index in [1.807, 2.05) is 30.3 Å². The molecule has 2 heterocycles. The van der Waals surface area contributed by atoms with Crippen LogP contribution in [-0.2, 0) is 17.9 Å². The van der Waals surface area contributed by atoms with E-state index in [1.54, 1.807) is 19.5 Å². The Morgan fingerprint density at radius 3 is 2.79 bits per heavy atom. The monoisotopic (exact) mass is 441 g/mol. The van der Waals surface area contributed by atoms with Crippen LogP contribution in [0.5, 0.6) is 11.5 Å². The molecular formula is C21H29Cl2N3O3. The molecule has 0 saturated carbocycles. The highest BCUT2D eigenvalue weighted by Gasteiger charge is 2.15. The molecule has 1 saturated heterocycles. The predicted molar refractivity (Wildman–Crippen MR) is 118 cm³/mol. The van der Waals surface area contributed by atoms with Gasteiger partial charge >= 0.3 is 0 Å². The van der Waals surface area contributed by atoms with Crippen molar-refractivity contribution >= 4 is 30.7 Å². The van der Waals surface area contributed by atoms with Crippen molar-refractivity contribution in [2.24, 2.45) is 5.92 Å². The van der Waals surface area contributed by atoms with Crippen LogP contribution in [0.25, 0.3) is 0 Å². The number of rotatable bonds is 9. The zero-order chi connectivity index (χ0) is 18.9. The summed E-state index contributed by atoms with van der Waals surface area (Å²) in [4.78, 5) is 16.1. The van der Waals surface area contributed by atoms with E-state index in [0.29, 0.717) is 37.0 Å². The van der Waals surface area contributed by atoms with Crippen LogP contribution in [0, 0.1) is 5.92 Å². The van der Waals surface area contributed by atoms with Gasteiger partial charge in [-0.15, -0.1) is 24.8 Å². The van der Waals surface area contributed by atoms with Crippen molar-refractivity contribution in [3.05, 3.63) is 53.9 Å². The SMILES string of the molecule is COc1cc(CNC(=O)CCC2CCNC2)ccc1OCc1cccnc1.Cl.Cl. The van der Waals surface area contributed by atoms with Crippen LogP contribution in [0.3, 0.4) is 0 Å². The fourth-order valence-electron chi connectivity index (χ4n) is 3.17. The average Bonchev–Trinajstić information content (AvgIpc) is 3.24. The molecule has 8 heteroatoms. The van der Waals surface area contributed by atoms with E-state index in [2.05, 4.69) is 15.6 Å². The van der Waals surface area contributed by atoms with Crippen molar-refractivity contribution in [2.45, 2.75) is 32.4 Å². The number of carbonyl (C=O) groups excluding carboxylic acids is 1. The first-order valence-electron chi connectivity index (χ1n) is 9.40. The first kappa shape index (κ1) is 25.0. The first-order chi connectivity index (χ1) is 13.2. The molecule has 3 rings (SSSR count). The summed E-state index contributed by atoms with van der Waals surface area (Å²) in [6.45, 7) is 3.02. The normalized spacial score (nSPS) is 15.0. The Labute approximate surface area is 184 Å². The fourth-order valence-corrected chi connectivity index (χ4v) is 3.17. The first-order valence-corrected chi connectivity index (χ1v) is 9.40. The van der Waals surface area contributed by atoms with E-state index in [4.69, 9.17) is 9.47 Å². The van der Waals surface area contributed by atoms with Gasteiger partial charge in [-0.05, 0) is 55.6 Å². The van der Waals surface area contributed by atoms with Gasteiger partial charge in [0.15, 0.2) is 11.5 Å². The van der Waals surface area contributed by atoms with Gasteiger partial charge in [-0.3, -0.25) is 9.78 Å². The summed E-state index contributed by atoms with van der Waals surface area (Å²) in [5, 5.41) is 6.32. The van der Waals surface area contributed by atoms with Crippen LogP contribution >= 0.6 is 24.8 Å². The van der Waals surface area contributed by atoms with Gasteiger partial charge in [0.1, 0.15) is 6.61 Å². The third kappa shape index (κ3) is 8.09. The summed E-state index contributed by atoms with van der Waals surface area (Å²) in [6.07, 6.45) is 6.21. The van der Waals surface area contributed by atoms with Gasteiger partial charge in [0.2, 0.25) is 5.91 Å². The van der Waals surface area contributed by atoms with Crippen molar-refractivity contribution in [3.8, 4) is 11.5 Å². The maximum atomic E-state index is 12.1. The summed E-state index contributed by atoms with van der Waals surface area (Å²) in [5.74, 6) is 2.05. The summed E-state index contributed by atoms with van der Waals surface area (Å²) >= 11 is 0. The summed E-state index contributed by atoms with van der Waals surface area (Å²) in [6, 6.07) is 9.57. The third-order valence-electron chi connectivity index (χ3n) is 4.78. The number of carbonyl (C=O) groups is 1. The zero-order valence-electron chi connectivity index (χ0n) is 16.6. The van der Waals surface area contributed by atoms with Crippen LogP contribution in [0.4, 0.5) is 0 Å². The standard InChI is InChI=1S/C21H27N3O3.2ClH/c1-26-20-11-17(14-24-21(25)7-5-16-8-10-23-12-16)4-6-19(20)27-15-18-3-2-9-22-13-18;;/h2-4,6,9,11,13,16,23H,5,7-8,10,12,14-15H2,1H3,(H,24,25);2*1H. The molecule has 2 aromatic rings. The smallest absolute Gasteiger partial charge is 0.220 e. The van der Waals surface area contributed by atoms with Crippen LogP contribution in [0.15, 0.2) is 42.7 Å².